The summed E-state index contributed by atoms with van der Waals surface area (Å²) < 4.78 is 11.7. The average Bonchev–Trinajstić information content (AvgIpc) is 2.75. The molecule has 0 spiro atoms. The minimum Gasteiger partial charge on any atom is -0.484 e. The van der Waals surface area contributed by atoms with Crippen molar-refractivity contribution in [2.24, 2.45) is 5.10 Å². The first-order valence-corrected chi connectivity index (χ1v) is 9.89. The van der Waals surface area contributed by atoms with Crippen molar-refractivity contribution in [3.05, 3.63) is 94.0 Å². The van der Waals surface area contributed by atoms with Crippen LogP contribution in [0.3, 0.4) is 0 Å². The third kappa shape index (κ3) is 6.28. The van der Waals surface area contributed by atoms with Gasteiger partial charge in [0.25, 0.3) is 5.91 Å². The van der Waals surface area contributed by atoms with Crippen LogP contribution in [-0.2, 0) is 4.79 Å². The Labute approximate surface area is 182 Å². The van der Waals surface area contributed by atoms with Gasteiger partial charge in [0, 0.05) is 4.47 Å². The summed E-state index contributed by atoms with van der Waals surface area (Å²) in [6.07, 6.45) is 1.49. The summed E-state index contributed by atoms with van der Waals surface area (Å²) in [6.45, 7) is 1.71. The lowest BCUT2D eigenvalue weighted by atomic mass is 10.1. The normalized spacial score (nSPS) is 10.6. The summed E-state index contributed by atoms with van der Waals surface area (Å²) >= 11 is 3.33. The highest BCUT2D eigenvalue weighted by molar-refractivity contribution is 9.10. The molecule has 1 amide bonds. The fraction of sp³-hybridized carbons (Fsp3) is 0.0870. The number of halogens is 1. The maximum absolute atomic E-state index is 12.2. The number of esters is 1. The van der Waals surface area contributed by atoms with E-state index in [1.807, 2.05) is 31.2 Å². The first-order chi connectivity index (χ1) is 14.5. The summed E-state index contributed by atoms with van der Waals surface area (Å²) in [5, 5.41) is 3.90. The zero-order valence-electron chi connectivity index (χ0n) is 16.2. The SMILES string of the molecule is Cc1ccccc1C(=O)Oc1ccc(C=NNC(=O)COc2ccc(Br)cc2)cc1. The van der Waals surface area contributed by atoms with E-state index in [4.69, 9.17) is 9.47 Å². The molecule has 0 aromatic heterocycles. The Balaban J connectivity index is 1.47. The van der Waals surface area contributed by atoms with Gasteiger partial charge in [0.05, 0.1) is 11.8 Å². The molecule has 0 saturated heterocycles. The second-order valence-corrected chi connectivity index (χ2v) is 7.22. The summed E-state index contributed by atoms with van der Waals surface area (Å²) in [4.78, 5) is 24.0. The molecular formula is C23H19BrN2O4. The number of carbonyl (C=O) groups is 2. The van der Waals surface area contributed by atoms with Gasteiger partial charge in [-0.05, 0) is 72.6 Å². The van der Waals surface area contributed by atoms with Crippen LogP contribution in [0, 0.1) is 6.92 Å². The number of hydrogen-bond donors (Lipinski definition) is 1. The summed E-state index contributed by atoms with van der Waals surface area (Å²) in [7, 11) is 0. The van der Waals surface area contributed by atoms with Crippen LogP contribution in [0.15, 0.2) is 82.4 Å². The van der Waals surface area contributed by atoms with Gasteiger partial charge < -0.3 is 9.47 Å². The lowest BCUT2D eigenvalue weighted by Gasteiger charge is -2.06. The van der Waals surface area contributed by atoms with Crippen molar-refractivity contribution in [2.75, 3.05) is 6.61 Å². The lowest BCUT2D eigenvalue weighted by molar-refractivity contribution is -0.123. The average molecular weight is 467 g/mol. The van der Waals surface area contributed by atoms with Gasteiger partial charge in [0.15, 0.2) is 6.61 Å². The fourth-order valence-corrected chi connectivity index (χ4v) is 2.74. The minimum atomic E-state index is -0.410. The highest BCUT2D eigenvalue weighted by atomic mass is 79.9. The molecule has 3 rings (SSSR count). The number of rotatable bonds is 7. The Hall–Kier alpha value is -3.45. The van der Waals surface area contributed by atoms with Crippen molar-refractivity contribution >= 4 is 34.0 Å². The maximum atomic E-state index is 12.2. The van der Waals surface area contributed by atoms with Gasteiger partial charge in [-0.25, -0.2) is 10.2 Å². The van der Waals surface area contributed by atoms with Crippen LogP contribution in [0.1, 0.15) is 21.5 Å². The van der Waals surface area contributed by atoms with Crippen LogP contribution in [-0.4, -0.2) is 24.7 Å². The Bertz CT molecular complexity index is 1050. The Morgan fingerprint density at radius 2 is 1.63 bits per heavy atom. The van der Waals surface area contributed by atoms with Crippen LogP contribution in [0.2, 0.25) is 0 Å². The predicted molar refractivity (Wildman–Crippen MR) is 118 cm³/mol. The molecule has 0 aliphatic heterocycles. The smallest absolute Gasteiger partial charge is 0.343 e. The van der Waals surface area contributed by atoms with E-state index in [1.54, 1.807) is 48.5 Å². The third-order valence-corrected chi connectivity index (χ3v) is 4.57. The first-order valence-electron chi connectivity index (χ1n) is 9.09. The van der Waals surface area contributed by atoms with Crippen LogP contribution in [0.25, 0.3) is 0 Å². The van der Waals surface area contributed by atoms with Crippen molar-refractivity contribution in [3.63, 3.8) is 0 Å². The minimum absolute atomic E-state index is 0.146. The molecule has 0 saturated carbocycles. The van der Waals surface area contributed by atoms with E-state index in [-0.39, 0.29) is 12.5 Å². The van der Waals surface area contributed by atoms with Gasteiger partial charge in [-0.3, -0.25) is 4.79 Å². The zero-order chi connectivity index (χ0) is 21.3. The largest absolute Gasteiger partial charge is 0.484 e. The Kier molecular flexibility index (Phi) is 7.34. The van der Waals surface area contributed by atoms with Crippen LogP contribution in [0.4, 0.5) is 0 Å². The van der Waals surface area contributed by atoms with Crippen LogP contribution >= 0.6 is 15.9 Å². The molecule has 0 unspecified atom stereocenters. The fourth-order valence-electron chi connectivity index (χ4n) is 2.48. The molecule has 0 fully saturated rings. The molecule has 3 aromatic carbocycles. The van der Waals surface area contributed by atoms with Gasteiger partial charge in [0.1, 0.15) is 11.5 Å². The Morgan fingerprint density at radius 1 is 0.967 bits per heavy atom. The number of aryl methyl sites for hydroxylation is 1. The number of ether oxygens (including phenoxy) is 2. The summed E-state index contributed by atoms with van der Waals surface area (Å²) in [5.41, 5.74) is 4.51. The van der Waals surface area contributed by atoms with Crippen molar-refractivity contribution < 1.29 is 19.1 Å². The van der Waals surface area contributed by atoms with Gasteiger partial charge in [-0.2, -0.15) is 5.10 Å². The quantitative estimate of drug-likeness (QED) is 0.240. The number of amides is 1. The number of carbonyl (C=O) groups excluding carboxylic acids is 2. The summed E-state index contributed by atoms with van der Waals surface area (Å²) in [6, 6.07) is 21.2. The molecule has 0 radical (unpaired) electrons. The van der Waals surface area contributed by atoms with Crippen molar-refractivity contribution in [1.82, 2.24) is 5.43 Å². The van der Waals surface area contributed by atoms with Crippen molar-refractivity contribution in [3.8, 4) is 11.5 Å². The lowest BCUT2D eigenvalue weighted by Crippen LogP contribution is -2.24. The molecule has 30 heavy (non-hydrogen) atoms. The number of benzene rings is 3. The van der Waals surface area contributed by atoms with E-state index < -0.39 is 5.97 Å². The predicted octanol–water partition coefficient (Wildman–Crippen LogP) is 4.51. The molecule has 0 aliphatic carbocycles. The molecule has 1 N–H and O–H groups in total. The van der Waals surface area contributed by atoms with E-state index in [0.29, 0.717) is 17.1 Å². The second-order valence-electron chi connectivity index (χ2n) is 6.31. The summed E-state index contributed by atoms with van der Waals surface area (Å²) in [5.74, 6) is 0.228. The van der Waals surface area contributed by atoms with Gasteiger partial charge in [0.2, 0.25) is 0 Å². The monoisotopic (exact) mass is 466 g/mol. The number of nitrogens with one attached hydrogen (secondary N) is 1. The number of hydrogen-bond acceptors (Lipinski definition) is 5. The highest BCUT2D eigenvalue weighted by Crippen LogP contribution is 2.16. The highest BCUT2D eigenvalue weighted by Gasteiger charge is 2.10. The van der Waals surface area contributed by atoms with E-state index in [1.165, 1.54) is 6.21 Å². The maximum Gasteiger partial charge on any atom is 0.343 e. The van der Waals surface area contributed by atoms with Gasteiger partial charge in [-0.1, -0.05) is 34.1 Å². The van der Waals surface area contributed by atoms with Crippen LogP contribution < -0.4 is 14.9 Å². The second kappa shape index (κ2) is 10.4. The van der Waals surface area contributed by atoms with Crippen molar-refractivity contribution in [1.29, 1.82) is 0 Å². The molecule has 0 aliphatic rings. The topological polar surface area (TPSA) is 77.0 Å². The zero-order valence-corrected chi connectivity index (χ0v) is 17.8. The molecule has 3 aromatic rings. The third-order valence-electron chi connectivity index (χ3n) is 4.04. The molecule has 6 nitrogen and oxygen atoms in total. The van der Waals surface area contributed by atoms with E-state index in [9.17, 15) is 9.59 Å². The Morgan fingerprint density at radius 3 is 2.33 bits per heavy atom. The molecule has 0 atom stereocenters. The first kappa shape index (κ1) is 21.3. The van der Waals surface area contributed by atoms with E-state index in [2.05, 4.69) is 26.5 Å². The van der Waals surface area contributed by atoms with Gasteiger partial charge >= 0.3 is 5.97 Å². The van der Waals surface area contributed by atoms with Gasteiger partial charge in [-0.15, -0.1) is 0 Å². The van der Waals surface area contributed by atoms with Crippen molar-refractivity contribution in [2.45, 2.75) is 6.92 Å². The van der Waals surface area contributed by atoms with Crippen LogP contribution in [0.5, 0.6) is 11.5 Å². The molecule has 0 bridgehead atoms. The number of hydrazone groups is 1. The molecule has 0 heterocycles. The number of nitrogens with zero attached hydrogens (tertiary/aromatic N) is 1. The molecule has 152 valence electrons. The molecular weight excluding hydrogens is 448 g/mol. The van der Waals surface area contributed by atoms with E-state index in [0.717, 1.165) is 15.6 Å². The standard InChI is InChI=1S/C23H19BrN2O4/c1-16-4-2-3-5-21(16)23(28)30-20-10-6-17(7-11-20)14-25-26-22(27)15-29-19-12-8-18(24)9-13-19/h2-14H,15H2,1H3,(H,26,27). The molecule has 7 heteroatoms. The van der Waals surface area contributed by atoms with E-state index >= 15 is 0 Å².